The van der Waals surface area contributed by atoms with E-state index >= 15 is 0 Å². The number of allylic oxidation sites excluding steroid dienone is 2. The molecule has 0 saturated heterocycles. The Morgan fingerprint density at radius 1 is 1.21 bits per heavy atom. The zero-order chi connectivity index (χ0) is 21.1. The molecule has 148 valence electrons. The van der Waals surface area contributed by atoms with Crippen molar-refractivity contribution in [1.82, 2.24) is 0 Å². The van der Waals surface area contributed by atoms with Crippen LogP contribution in [0.2, 0.25) is 0 Å². The van der Waals surface area contributed by atoms with Crippen molar-refractivity contribution in [2.75, 3.05) is 12.8 Å². The topological polar surface area (TPSA) is 102 Å². The van der Waals surface area contributed by atoms with Crippen LogP contribution < -0.4 is 11.5 Å². The summed E-state index contributed by atoms with van der Waals surface area (Å²) in [5.74, 6) is -1.66. The number of hydrogen-bond donors (Lipinski definition) is 3. The fourth-order valence-corrected chi connectivity index (χ4v) is 2.50. The molecule has 9 heteroatoms. The lowest BCUT2D eigenvalue weighted by molar-refractivity contribution is -0.137. The van der Waals surface area contributed by atoms with Crippen molar-refractivity contribution >= 4 is 17.4 Å². The molecular formula is C19H17F4N3O2. The molecule has 2 aromatic rings. The minimum atomic E-state index is -4.68. The first-order chi connectivity index (χ1) is 13.0. The Labute approximate surface area is 158 Å². The highest BCUT2D eigenvalue weighted by atomic mass is 19.4. The highest BCUT2D eigenvalue weighted by molar-refractivity contribution is 6.08. The van der Waals surface area contributed by atoms with Crippen molar-refractivity contribution in [3.8, 4) is 0 Å². The third-order valence-corrected chi connectivity index (χ3v) is 3.79. The minimum absolute atomic E-state index is 0.0226. The second kappa shape index (κ2) is 8.12. The number of nitrogen functional groups attached to an aromatic ring is 1. The molecule has 0 aliphatic heterocycles. The van der Waals surface area contributed by atoms with E-state index in [4.69, 9.17) is 16.9 Å². The normalized spacial score (nSPS) is 12.0. The van der Waals surface area contributed by atoms with E-state index in [1.807, 2.05) is 0 Å². The predicted molar refractivity (Wildman–Crippen MR) is 96.4 cm³/mol. The number of nitrogens with two attached hydrogens (primary N) is 2. The van der Waals surface area contributed by atoms with E-state index in [0.29, 0.717) is 11.6 Å². The summed E-state index contributed by atoms with van der Waals surface area (Å²) in [6, 6.07) is 6.37. The molecule has 0 saturated carbocycles. The first kappa shape index (κ1) is 20.9. The molecule has 0 aliphatic rings. The van der Waals surface area contributed by atoms with E-state index in [0.717, 1.165) is 12.1 Å². The number of alkyl halides is 3. The number of ether oxygens (including phenoxy) is 1. The minimum Gasteiger partial charge on any atom is -0.465 e. The van der Waals surface area contributed by atoms with Gasteiger partial charge in [-0.05, 0) is 42.0 Å². The predicted octanol–water partition coefficient (Wildman–Crippen LogP) is 3.67. The molecule has 2 aromatic carbocycles. The number of benzene rings is 2. The standard InChI is InChI=1S/C19H17F4N3O2/c1-28-18(27)15-3-2-11(7-17(15)26)16(25)9-14(24)6-10-4-12(19(21,22)23)8-13(20)5-10/h2-5,7-9,25H,6,24,26H2,1H3. The van der Waals surface area contributed by atoms with E-state index < -0.39 is 23.5 Å². The number of anilines is 1. The van der Waals surface area contributed by atoms with Crippen LogP contribution >= 0.6 is 0 Å². The van der Waals surface area contributed by atoms with Crippen molar-refractivity contribution in [3.05, 3.63) is 76.2 Å². The number of hydrogen-bond acceptors (Lipinski definition) is 5. The summed E-state index contributed by atoms with van der Waals surface area (Å²) in [5.41, 5.74) is 11.0. The summed E-state index contributed by atoms with van der Waals surface area (Å²) in [4.78, 5) is 11.5. The molecule has 0 heterocycles. The first-order valence-electron chi connectivity index (χ1n) is 7.90. The van der Waals surface area contributed by atoms with Crippen LogP contribution in [0.3, 0.4) is 0 Å². The lowest BCUT2D eigenvalue weighted by atomic mass is 10.0. The van der Waals surface area contributed by atoms with Crippen molar-refractivity contribution in [3.63, 3.8) is 0 Å². The molecule has 0 aromatic heterocycles. The van der Waals surface area contributed by atoms with Crippen LogP contribution in [0.5, 0.6) is 0 Å². The number of methoxy groups -OCH3 is 1. The monoisotopic (exact) mass is 395 g/mol. The van der Waals surface area contributed by atoms with Gasteiger partial charge in [-0.1, -0.05) is 6.07 Å². The maximum Gasteiger partial charge on any atom is 0.416 e. The molecule has 0 aliphatic carbocycles. The van der Waals surface area contributed by atoms with Crippen LogP contribution in [-0.2, 0) is 17.3 Å². The van der Waals surface area contributed by atoms with Gasteiger partial charge in [-0.3, -0.25) is 0 Å². The number of carbonyl (C=O) groups excluding carboxylic acids is 1. The molecule has 0 spiro atoms. The Bertz CT molecular complexity index is 953. The first-order valence-corrected chi connectivity index (χ1v) is 7.90. The van der Waals surface area contributed by atoms with Gasteiger partial charge in [-0.25, -0.2) is 9.18 Å². The number of rotatable bonds is 5. The van der Waals surface area contributed by atoms with Gasteiger partial charge in [0.2, 0.25) is 0 Å². The van der Waals surface area contributed by atoms with Crippen LogP contribution in [0.1, 0.15) is 27.0 Å². The van der Waals surface area contributed by atoms with E-state index in [2.05, 4.69) is 4.74 Å². The van der Waals surface area contributed by atoms with Crippen LogP contribution in [0.15, 0.2) is 48.2 Å². The molecule has 0 radical (unpaired) electrons. The smallest absolute Gasteiger partial charge is 0.416 e. The van der Waals surface area contributed by atoms with Gasteiger partial charge in [0.1, 0.15) is 5.82 Å². The summed E-state index contributed by atoms with van der Waals surface area (Å²) < 4.78 is 56.4. The Morgan fingerprint density at radius 3 is 2.46 bits per heavy atom. The Morgan fingerprint density at radius 2 is 1.89 bits per heavy atom. The van der Waals surface area contributed by atoms with Gasteiger partial charge in [0.25, 0.3) is 0 Å². The van der Waals surface area contributed by atoms with Crippen LogP contribution in [0, 0.1) is 11.2 Å². The van der Waals surface area contributed by atoms with Crippen molar-refractivity contribution in [2.24, 2.45) is 5.73 Å². The Balaban J connectivity index is 2.22. The zero-order valence-corrected chi connectivity index (χ0v) is 14.7. The summed E-state index contributed by atoms with van der Waals surface area (Å²) in [6.07, 6.45) is -3.63. The summed E-state index contributed by atoms with van der Waals surface area (Å²) in [7, 11) is 1.21. The van der Waals surface area contributed by atoms with E-state index in [1.54, 1.807) is 0 Å². The summed E-state index contributed by atoms with van der Waals surface area (Å²) in [5, 5.41) is 8.05. The van der Waals surface area contributed by atoms with Gasteiger partial charge in [0.05, 0.1) is 23.9 Å². The Hall–Kier alpha value is -3.36. The van der Waals surface area contributed by atoms with Crippen LogP contribution in [-0.4, -0.2) is 18.8 Å². The molecule has 0 amide bonds. The number of esters is 1. The molecule has 5 N–H and O–H groups in total. The quantitative estimate of drug-likeness (QED) is 0.311. The largest absolute Gasteiger partial charge is 0.465 e. The maximum absolute atomic E-state index is 13.5. The Kier molecular flexibility index (Phi) is 6.07. The van der Waals surface area contributed by atoms with E-state index in [1.165, 1.54) is 31.4 Å². The zero-order valence-electron chi connectivity index (χ0n) is 14.7. The average molecular weight is 395 g/mol. The molecule has 0 atom stereocenters. The van der Waals surface area contributed by atoms with Crippen molar-refractivity contribution < 1.29 is 27.1 Å². The second-order valence-corrected chi connectivity index (χ2v) is 5.95. The summed E-state index contributed by atoms with van der Waals surface area (Å²) in [6.45, 7) is 0. The van der Waals surface area contributed by atoms with Gasteiger partial charge in [0, 0.05) is 23.4 Å². The van der Waals surface area contributed by atoms with Gasteiger partial charge in [-0.2, -0.15) is 13.2 Å². The average Bonchev–Trinajstić information content (AvgIpc) is 2.59. The number of nitrogens with one attached hydrogen (secondary N) is 1. The molecule has 0 unspecified atom stereocenters. The van der Waals surface area contributed by atoms with Crippen molar-refractivity contribution in [2.45, 2.75) is 12.6 Å². The second-order valence-electron chi connectivity index (χ2n) is 5.95. The highest BCUT2D eigenvalue weighted by Gasteiger charge is 2.31. The van der Waals surface area contributed by atoms with E-state index in [-0.39, 0.29) is 34.6 Å². The number of halogens is 4. The third-order valence-electron chi connectivity index (χ3n) is 3.79. The van der Waals surface area contributed by atoms with Crippen molar-refractivity contribution in [1.29, 1.82) is 5.41 Å². The molecular weight excluding hydrogens is 378 g/mol. The maximum atomic E-state index is 13.5. The van der Waals surface area contributed by atoms with Gasteiger partial charge >= 0.3 is 12.1 Å². The molecule has 0 fully saturated rings. The lowest BCUT2D eigenvalue weighted by Crippen LogP contribution is -2.10. The van der Waals surface area contributed by atoms with Gasteiger partial charge < -0.3 is 21.6 Å². The summed E-state index contributed by atoms with van der Waals surface area (Å²) >= 11 is 0. The van der Waals surface area contributed by atoms with Crippen LogP contribution in [0.25, 0.3) is 0 Å². The van der Waals surface area contributed by atoms with Crippen LogP contribution in [0.4, 0.5) is 23.2 Å². The molecule has 0 bridgehead atoms. The van der Waals surface area contributed by atoms with Gasteiger partial charge in [-0.15, -0.1) is 0 Å². The molecule has 2 rings (SSSR count). The highest BCUT2D eigenvalue weighted by Crippen LogP contribution is 2.30. The fourth-order valence-electron chi connectivity index (χ4n) is 2.50. The molecule has 5 nitrogen and oxygen atoms in total. The number of carbonyl (C=O) groups is 1. The third kappa shape index (κ3) is 5.09. The lowest BCUT2D eigenvalue weighted by Gasteiger charge is -2.10. The fraction of sp³-hybridized carbons (Fsp3) is 0.158. The van der Waals surface area contributed by atoms with E-state index in [9.17, 15) is 22.4 Å². The SMILES string of the molecule is COC(=O)c1ccc(C(=N)C=C(N)Cc2cc(F)cc(C(F)(F)F)c2)cc1N. The molecule has 28 heavy (non-hydrogen) atoms. The van der Waals surface area contributed by atoms with Gasteiger partial charge in [0.15, 0.2) is 0 Å².